The van der Waals surface area contributed by atoms with E-state index in [4.69, 9.17) is 16.3 Å². The van der Waals surface area contributed by atoms with Gasteiger partial charge in [0.25, 0.3) is 0 Å². The summed E-state index contributed by atoms with van der Waals surface area (Å²) in [5.74, 6) is -0.668. The van der Waals surface area contributed by atoms with Gasteiger partial charge in [0, 0.05) is 17.6 Å². The van der Waals surface area contributed by atoms with Crippen LogP contribution >= 0.6 is 11.6 Å². The molecule has 0 bridgehead atoms. The van der Waals surface area contributed by atoms with Gasteiger partial charge in [-0.2, -0.15) is 4.31 Å². The van der Waals surface area contributed by atoms with Gasteiger partial charge >= 0.3 is 0 Å². The van der Waals surface area contributed by atoms with E-state index in [1.165, 1.54) is 18.9 Å². The van der Waals surface area contributed by atoms with E-state index in [0.29, 0.717) is 16.5 Å². The molecule has 0 radical (unpaired) electrons. The van der Waals surface area contributed by atoms with Gasteiger partial charge in [-0.15, -0.1) is 0 Å². The highest BCUT2D eigenvalue weighted by atomic mass is 35.5. The van der Waals surface area contributed by atoms with E-state index in [0.717, 1.165) is 36.4 Å². The molecular formula is C21H30ClN3O5S. The number of halogens is 1. The Kier molecular flexibility index (Phi) is 7.18. The minimum absolute atomic E-state index is 0.00874. The van der Waals surface area contributed by atoms with Crippen LogP contribution in [-0.2, 0) is 19.6 Å². The first-order valence-corrected chi connectivity index (χ1v) is 12.6. The molecule has 0 spiro atoms. The fourth-order valence-electron chi connectivity index (χ4n) is 4.35. The summed E-state index contributed by atoms with van der Waals surface area (Å²) >= 11 is 6.19. The Morgan fingerprint density at radius 2 is 1.97 bits per heavy atom. The third-order valence-electron chi connectivity index (χ3n) is 6.11. The first-order valence-electron chi connectivity index (χ1n) is 10.6. The number of carbonyl (C=O) groups is 2. The number of nitrogens with one attached hydrogen (secondary N) is 1. The zero-order valence-electron chi connectivity index (χ0n) is 18.2. The van der Waals surface area contributed by atoms with Crippen LogP contribution in [0.4, 0.5) is 5.69 Å². The van der Waals surface area contributed by atoms with E-state index in [2.05, 4.69) is 5.32 Å². The molecule has 31 heavy (non-hydrogen) atoms. The van der Waals surface area contributed by atoms with Crippen molar-refractivity contribution in [3.8, 4) is 5.75 Å². The number of amides is 2. The monoisotopic (exact) mass is 471 g/mol. The molecule has 0 unspecified atom stereocenters. The van der Waals surface area contributed by atoms with Crippen LogP contribution < -0.4 is 15.0 Å². The van der Waals surface area contributed by atoms with Crippen LogP contribution in [0.25, 0.3) is 0 Å². The predicted molar refractivity (Wildman–Crippen MR) is 120 cm³/mol. The van der Waals surface area contributed by atoms with Gasteiger partial charge in [-0.25, -0.2) is 8.42 Å². The largest absolute Gasteiger partial charge is 0.495 e. The van der Waals surface area contributed by atoms with Crippen molar-refractivity contribution in [3.63, 3.8) is 0 Å². The molecular weight excluding hydrogens is 442 g/mol. The second-order valence-corrected chi connectivity index (χ2v) is 11.0. The molecule has 8 nitrogen and oxygen atoms in total. The van der Waals surface area contributed by atoms with Crippen molar-refractivity contribution >= 4 is 39.1 Å². The normalized spacial score (nSPS) is 23.6. The first kappa shape index (κ1) is 23.8. The van der Waals surface area contributed by atoms with Crippen LogP contribution in [0.5, 0.6) is 5.75 Å². The van der Waals surface area contributed by atoms with Gasteiger partial charge in [-0.3, -0.25) is 14.5 Å². The van der Waals surface area contributed by atoms with Gasteiger partial charge in [-0.1, -0.05) is 30.9 Å². The van der Waals surface area contributed by atoms with Crippen LogP contribution in [0.3, 0.4) is 0 Å². The maximum Gasteiger partial charge on any atom is 0.247 e. The molecule has 172 valence electrons. The molecule has 1 atom stereocenters. The predicted octanol–water partition coefficient (Wildman–Crippen LogP) is 2.55. The molecule has 1 heterocycles. The summed E-state index contributed by atoms with van der Waals surface area (Å²) < 4.78 is 31.7. The number of piperazine rings is 1. The molecule has 2 amide bonds. The summed E-state index contributed by atoms with van der Waals surface area (Å²) in [5.41, 5.74) is -1.12. The fourth-order valence-corrected chi connectivity index (χ4v) is 5.63. The van der Waals surface area contributed by atoms with Gasteiger partial charge in [-0.05, 0) is 44.9 Å². The Bertz CT molecular complexity index is 948. The number of sulfonamides is 1. The molecule has 2 aliphatic rings. The molecule has 1 aliphatic heterocycles. The standard InChI is InChI=1S/C21H30ClN3O5S/c1-4-31(28,29)24-13-19(26)25(17-12-15(22)10-11-18(17)30-3)21(2,14-24)20(27)23-16-8-6-5-7-9-16/h10-12,16H,4-9,13-14H2,1-3H3,(H,23,27)/t21-/m0/s1. The first-order chi connectivity index (χ1) is 14.6. The topological polar surface area (TPSA) is 96.0 Å². The van der Waals surface area contributed by atoms with E-state index >= 15 is 0 Å². The highest BCUT2D eigenvalue weighted by Gasteiger charge is 2.51. The summed E-state index contributed by atoms with van der Waals surface area (Å²) in [6.45, 7) is 2.62. The number of ether oxygens (including phenoxy) is 1. The number of hydrogen-bond donors (Lipinski definition) is 1. The molecule has 10 heteroatoms. The third kappa shape index (κ3) is 4.83. The maximum absolute atomic E-state index is 13.6. The Labute approximate surface area is 188 Å². The van der Waals surface area contributed by atoms with Gasteiger partial charge in [0.1, 0.15) is 11.3 Å². The Balaban J connectivity index is 2.05. The molecule has 1 N–H and O–H groups in total. The minimum atomic E-state index is -3.67. The second kappa shape index (κ2) is 9.34. The number of methoxy groups -OCH3 is 1. The summed E-state index contributed by atoms with van der Waals surface area (Å²) in [4.78, 5) is 28.2. The number of nitrogens with zero attached hydrogens (tertiary/aromatic N) is 2. The van der Waals surface area contributed by atoms with Crippen LogP contribution in [-0.4, -0.2) is 62.1 Å². The van der Waals surface area contributed by atoms with Crippen molar-refractivity contribution in [2.45, 2.75) is 57.5 Å². The quantitative estimate of drug-likeness (QED) is 0.687. The highest BCUT2D eigenvalue weighted by molar-refractivity contribution is 7.89. The molecule has 1 aromatic rings. The smallest absolute Gasteiger partial charge is 0.247 e. The van der Waals surface area contributed by atoms with Crippen LogP contribution in [0.15, 0.2) is 18.2 Å². The SMILES string of the molecule is CCS(=O)(=O)N1CC(=O)N(c2cc(Cl)ccc2OC)[C@](C)(C(=O)NC2CCCCC2)C1. The van der Waals surface area contributed by atoms with Gasteiger partial charge in [0.2, 0.25) is 21.8 Å². The Morgan fingerprint density at radius 1 is 1.29 bits per heavy atom. The van der Waals surface area contributed by atoms with Crippen LogP contribution in [0, 0.1) is 0 Å². The Hall–Kier alpha value is -1.84. The van der Waals surface area contributed by atoms with E-state index < -0.39 is 21.5 Å². The molecule has 0 aromatic heterocycles. The van der Waals surface area contributed by atoms with Gasteiger partial charge in [0.15, 0.2) is 0 Å². The van der Waals surface area contributed by atoms with Crippen LogP contribution in [0.1, 0.15) is 46.0 Å². The fraction of sp³-hybridized carbons (Fsp3) is 0.619. The summed E-state index contributed by atoms with van der Waals surface area (Å²) in [5, 5.41) is 3.44. The lowest BCUT2D eigenvalue weighted by Crippen LogP contribution is -2.71. The lowest BCUT2D eigenvalue weighted by molar-refractivity contribution is -0.133. The average Bonchev–Trinajstić information content (AvgIpc) is 2.74. The van der Waals surface area contributed by atoms with E-state index in [1.54, 1.807) is 25.1 Å². The number of carbonyl (C=O) groups excluding carboxylic acids is 2. The van der Waals surface area contributed by atoms with Crippen molar-refractivity contribution in [2.75, 3.05) is 30.9 Å². The number of anilines is 1. The van der Waals surface area contributed by atoms with Crippen molar-refractivity contribution in [3.05, 3.63) is 23.2 Å². The minimum Gasteiger partial charge on any atom is -0.495 e. The number of benzene rings is 1. The third-order valence-corrected chi connectivity index (χ3v) is 8.12. The maximum atomic E-state index is 13.6. The summed E-state index contributed by atoms with van der Waals surface area (Å²) in [6, 6.07) is 4.83. The molecule has 1 saturated heterocycles. The van der Waals surface area contributed by atoms with Crippen LogP contribution in [0.2, 0.25) is 5.02 Å². The summed E-state index contributed by atoms with van der Waals surface area (Å²) in [6.07, 6.45) is 4.93. The van der Waals surface area contributed by atoms with Gasteiger partial charge in [0.05, 0.1) is 25.1 Å². The van der Waals surface area contributed by atoms with Crippen molar-refractivity contribution in [1.82, 2.24) is 9.62 Å². The van der Waals surface area contributed by atoms with Crippen molar-refractivity contribution in [2.24, 2.45) is 0 Å². The zero-order chi connectivity index (χ0) is 22.8. The highest BCUT2D eigenvalue weighted by Crippen LogP contribution is 2.38. The molecule has 2 fully saturated rings. The molecule has 1 aliphatic carbocycles. The second-order valence-electron chi connectivity index (χ2n) is 8.30. The van der Waals surface area contributed by atoms with Crippen molar-refractivity contribution in [1.29, 1.82) is 0 Å². The van der Waals surface area contributed by atoms with Gasteiger partial charge < -0.3 is 10.1 Å². The van der Waals surface area contributed by atoms with Crippen molar-refractivity contribution < 1.29 is 22.7 Å². The number of hydrogen-bond acceptors (Lipinski definition) is 5. The van der Waals surface area contributed by atoms with E-state index in [-0.39, 0.29) is 30.8 Å². The zero-order valence-corrected chi connectivity index (χ0v) is 19.8. The lowest BCUT2D eigenvalue weighted by atomic mass is 9.91. The molecule has 1 saturated carbocycles. The number of rotatable bonds is 6. The lowest BCUT2D eigenvalue weighted by Gasteiger charge is -2.47. The van der Waals surface area contributed by atoms with E-state index in [1.807, 2.05) is 0 Å². The Morgan fingerprint density at radius 3 is 2.58 bits per heavy atom. The van der Waals surface area contributed by atoms with E-state index in [9.17, 15) is 18.0 Å². The molecule has 1 aromatic carbocycles. The summed E-state index contributed by atoms with van der Waals surface area (Å²) in [7, 11) is -2.21. The molecule has 3 rings (SSSR count). The average molecular weight is 472 g/mol.